The highest BCUT2D eigenvalue weighted by atomic mass is 16.7. The van der Waals surface area contributed by atoms with Crippen LogP contribution in [-0.4, -0.2) is 159 Å². The SMILES string of the molecule is CCC(C)(C)C(=O)OC1C2CC3C(=O)OC1C3C2.CCC(C)(C)C(=O)OC1C2CC3C(=O)OC1C3O2.CCC(C)(C)C(=O)OC1CCOC1=O.CCC(C)(C)C(=O)OCC(=O)OC1C2CC3C(=O)OC1C3C2.CCC(C)(C)C(=O)OCC(=O)OC1CCOC1=O. The van der Waals surface area contributed by atoms with Gasteiger partial charge in [-0.05, 0) is 133 Å². The number of ether oxygens (including phenoxy) is 13. The van der Waals surface area contributed by atoms with Crippen molar-refractivity contribution in [3.63, 3.8) is 0 Å². The Morgan fingerprint density at radius 3 is 1.16 bits per heavy atom. The summed E-state index contributed by atoms with van der Waals surface area (Å²) in [5.41, 5.74) is -2.73. The molecule has 11 rings (SSSR count). The van der Waals surface area contributed by atoms with Crippen LogP contribution in [0.2, 0.25) is 0 Å². The Morgan fingerprint density at radius 1 is 0.389 bits per heavy atom. The van der Waals surface area contributed by atoms with Crippen molar-refractivity contribution in [2.45, 2.75) is 242 Å². The summed E-state index contributed by atoms with van der Waals surface area (Å²) in [6.45, 7) is 27.4. The first-order valence-corrected chi connectivity index (χ1v) is 32.0. The van der Waals surface area contributed by atoms with Crippen molar-refractivity contribution in [2.24, 2.45) is 68.5 Å². The first-order valence-electron chi connectivity index (χ1n) is 32.0. The van der Waals surface area contributed by atoms with Crippen LogP contribution in [0, 0.1) is 68.5 Å². The minimum Gasteiger partial charge on any atom is -0.463 e. The highest BCUT2D eigenvalue weighted by Crippen LogP contribution is 2.57. The molecule has 0 spiro atoms. The van der Waals surface area contributed by atoms with Gasteiger partial charge < -0.3 is 61.6 Å². The van der Waals surface area contributed by atoms with E-state index in [1.807, 2.05) is 62.3 Å². The van der Waals surface area contributed by atoms with Crippen LogP contribution < -0.4 is 0 Å². The lowest BCUT2D eigenvalue weighted by Gasteiger charge is -2.29. The summed E-state index contributed by atoms with van der Waals surface area (Å²) in [5, 5.41) is 0. The second-order valence-electron chi connectivity index (χ2n) is 28.5. The highest BCUT2D eigenvalue weighted by Gasteiger charge is 2.66. The van der Waals surface area contributed by atoms with Gasteiger partial charge in [0.05, 0.1) is 64.1 Å². The highest BCUT2D eigenvalue weighted by molar-refractivity contribution is 5.85. The van der Waals surface area contributed by atoms with Gasteiger partial charge in [0.1, 0.15) is 30.5 Å². The van der Waals surface area contributed by atoms with Crippen LogP contribution in [0.5, 0.6) is 0 Å². The van der Waals surface area contributed by atoms with Gasteiger partial charge in [-0.2, -0.15) is 0 Å². The Kier molecular flexibility index (Phi) is 22.3. The standard InChI is InChI=1S/C16H22O6.C14H20O4.C13H18O5.C12H18O6.C10H16O4/c1-4-16(2,3)15(19)20-7-11(17)21-12-8-5-9-10(6-8)14(18)22-13(9)12;1-4-14(2,3)13(16)18-10-7-5-8-9(6-7)12(15)17-11(8)10;1-4-13(2,3)12(15)18-9-7-5-6-8(16-7)10(9)17-11(6)14;1-4-12(2,3)11(15)17-7-9(13)18-8-5-6-16-10(8)14;1-4-10(2,3)9(12)14-7-5-6-13-8(7)11/h8-10,12-13H,4-7H2,1-3H3;7-11H,4-6H2,1-3H3;6-10H,4-5H2,1-3H3;8H,4-7H2,1-3H3;7H,4-6H2,1-3H3. The first-order chi connectivity index (χ1) is 42.0. The van der Waals surface area contributed by atoms with Crippen LogP contribution in [0.3, 0.4) is 0 Å². The van der Waals surface area contributed by atoms with Crippen molar-refractivity contribution >= 4 is 71.6 Å². The number of cyclic esters (lactones) is 2. The molecule has 0 aromatic carbocycles. The topological polar surface area (TPSA) is 325 Å². The van der Waals surface area contributed by atoms with Crippen molar-refractivity contribution in [1.29, 1.82) is 0 Å². The van der Waals surface area contributed by atoms with E-state index in [4.69, 9.17) is 56.8 Å². The van der Waals surface area contributed by atoms with Crippen LogP contribution >= 0.6 is 0 Å². The summed E-state index contributed by atoms with van der Waals surface area (Å²) in [7, 11) is 0. The molecule has 4 aliphatic carbocycles. The van der Waals surface area contributed by atoms with E-state index in [1.54, 1.807) is 41.5 Å². The van der Waals surface area contributed by atoms with E-state index in [0.717, 1.165) is 32.1 Å². The molecule has 0 N–H and O–H groups in total. The van der Waals surface area contributed by atoms with Crippen LogP contribution in [0.4, 0.5) is 0 Å². The zero-order chi connectivity index (χ0) is 66.7. The zero-order valence-corrected chi connectivity index (χ0v) is 54.8. The maximum Gasteiger partial charge on any atom is 0.347 e. The maximum atomic E-state index is 12.1. The molecule has 25 heteroatoms. The summed E-state index contributed by atoms with van der Waals surface area (Å²) in [6, 6.07) is 0. The fourth-order valence-corrected chi connectivity index (χ4v) is 12.3. The van der Waals surface area contributed by atoms with Gasteiger partial charge in [0.25, 0.3) is 0 Å². The average molecular weight is 1280 g/mol. The number of carbonyl (C=O) groups excluding carboxylic acids is 12. The lowest BCUT2D eigenvalue weighted by atomic mass is 9.87. The Labute approximate surface area is 525 Å². The van der Waals surface area contributed by atoms with Crippen molar-refractivity contribution in [3.05, 3.63) is 0 Å². The molecule has 7 saturated heterocycles. The van der Waals surface area contributed by atoms with Gasteiger partial charge in [0, 0.05) is 36.5 Å². The molecule has 17 unspecified atom stereocenters. The van der Waals surface area contributed by atoms with Crippen LogP contribution in [0.1, 0.15) is 181 Å². The maximum absolute atomic E-state index is 12.1. The molecule has 17 atom stereocenters. The van der Waals surface area contributed by atoms with Crippen LogP contribution in [0.25, 0.3) is 0 Å². The molecular weight excluding hydrogens is 1180 g/mol. The summed E-state index contributed by atoms with van der Waals surface area (Å²) in [4.78, 5) is 139. The Morgan fingerprint density at radius 2 is 0.744 bits per heavy atom. The number of fused-ring (bicyclic) bond motifs is 3. The monoisotopic (exact) mass is 1270 g/mol. The van der Waals surface area contributed by atoms with E-state index in [1.165, 1.54) is 0 Å². The molecule has 11 aliphatic rings. The summed E-state index contributed by atoms with van der Waals surface area (Å²) in [5.74, 6) is -3.41. The molecule has 0 aromatic heterocycles. The van der Waals surface area contributed by atoms with Gasteiger partial charge in [-0.3, -0.25) is 38.4 Å². The number of hydrogen-bond acceptors (Lipinski definition) is 25. The number of rotatable bonds is 19. The summed E-state index contributed by atoms with van der Waals surface area (Å²) in [6.07, 6.45) is 4.47. The summed E-state index contributed by atoms with van der Waals surface area (Å²) < 4.78 is 67.4. The third kappa shape index (κ3) is 15.6. The van der Waals surface area contributed by atoms with Gasteiger partial charge in [0.2, 0.25) is 12.2 Å². The first kappa shape index (κ1) is 71.0. The van der Waals surface area contributed by atoms with E-state index in [-0.39, 0.29) is 115 Å². The molecule has 6 bridgehead atoms. The van der Waals surface area contributed by atoms with E-state index in [9.17, 15) is 57.5 Å². The van der Waals surface area contributed by atoms with Crippen molar-refractivity contribution in [3.8, 4) is 0 Å². The van der Waals surface area contributed by atoms with E-state index in [2.05, 4.69) is 4.74 Å². The molecule has 0 amide bonds. The van der Waals surface area contributed by atoms with Gasteiger partial charge in [-0.25, -0.2) is 19.2 Å². The molecule has 4 saturated carbocycles. The lowest BCUT2D eigenvalue weighted by Crippen LogP contribution is -2.42. The minimum atomic E-state index is -0.865. The van der Waals surface area contributed by atoms with Gasteiger partial charge >= 0.3 is 71.6 Å². The molecule has 0 radical (unpaired) electrons. The molecule has 90 heavy (non-hydrogen) atoms. The Balaban J connectivity index is 0.000000161. The number of esters is 12. The fraction of sp³-hybridized carbons (Fsp3) is 0.815. The summed E-state index contributed by atoms with van der Waals surface area (Å²) >= 11 is 0. The number of hydrogen-bond donors (Lipinski definition) is 0. The van der Waals surface area contributed by atoms with Crippen molar-refractivity contribution in [2.75, 3.05) is 26.4 Å². The van der Waals surface area contributed by atoms with Crippen molar-refractivity contribution < 1.29 is 119 Å². The smallest absolute Gasteiger partial charge is 0.347 e. The predicted octanol–water partition coefficient (Wildman–Crippen LogP) is 6.53. The molecule has 7 heterocycles. The van der Waals surface area contributed by atoms with Crippen LogP contribution in [-0.2, 0) is 119 Å². The molecule has 504 valence electrons. The number of carbonyl (C=O) groups is 12. The third-order valence-corrected chi connectivity index (χ3v) is 20.5. The quantitative estimate of drug-likeness (QED) is 0.0980. The second-order valence-corrected chi connectivity index (χ2v) is 28.5. The van der Waals surface area contributed by atoms with Crippen LogP contribution in [0.15, 0.2) is 0 Å². The Hall–Kier alpha value is -6.40. The fourth-order valence-electron chi connectivity index (χ4n) is 12.3. The minimum absolute atomic E-state index is 0.00636. The van der Waals surface area contributed by atoms with E-state index in [0.29, 0.717) is 63.4 Å². The van der Waals surface area contributed by atoms with Crippen molar-refractivity contribution in [1.82, 2.24) is 0 Å². The molecular formula is C65H94O25. The molecule has 7 aliphatic heterocycles. The van der Waals surface area contributed by atoms with Gasteiger partial charge in [-0.15, -0.1) is 0 Å². The van der Waals surface area contributed by atoms with Gasteiger partial charge in [-0.1, -0.05) is 34.6 Å². The molecule has 11 fully saturated rings. The van der Waals surface area contributed by atoms with E-state index >= 15 is 0 Å². The third-order valence-electron chi connectivity index (χ3n) is 20.5. The Bertz CT molecular complexity index is 2670. The van der Waals surface area contributed by atoms with E-state index < -0.39 is 93.9 Å². The zero-order valence-electron chi connectivity index (χ0n) is 54.8. The largest absolute Gasteiger partial charge is 0.463 e. The molecule has 25 nitrogen and oxygen atoms in total. The van der Waals surface area contributed by atoms with Gasteiger partial charge in [0.15, 0.2) is 25.4 Å². The lowest BCUT2D eigenvalue weighted by molar-refractivity contribution is -0.172. The normalized spacial score (nSPS) is 32.3. The predicted molar refractivity (Wildman–Crippen MR) is 309 cm³/mol. The molecule has 0 aromatic rings. The second kappa shape index (κ2) is 28.2. The average Bonchev–Trinajstić information content (AvgIpc) is 1.63.